The van der Waals surface area contributed by atoms with Gasteiger partial charge in [0.05, 0.1) is 25.4 Å². The Bertz CT molecular complexity index is 81.8. The second-order valence-electron chi connectivity index (χ2n) is 3.18. The molecular weight excluding hydrogens is 152 g/mol. The van der Waals surface area contributed by atoms with Crippen molar-refractivity contribution in [1.82, 2.24) is 0 Å². The van der Waals surface area contributed by atoms with Gasteiger partial charge in [-0.2, -0.15) is 0 Å². The van der Waals surface area contributed by atoms with E-state index in [1.54, 1.807) is 0 Å². The summed E-state index contributed by atoms with van der Waals surface area (Å²) in [6.45, 7) is 9.87. The molecule has 0 aliphatic carbocycles. The summed E-state index contributed by atoms with van der Waals surface area (Å²) in [6, 6.07) is 0. The molecule has 0 bridgehead atoms. The molecule has 0 fully saturated rings. The van der Waals surface area contributed by atoms with Crippen LogP contribution in [0.1, 0.15) is 40.5 Å². The van der Waals surface area contributed by atoms with Crippen LogP contribution in [0.25, 0.3) is 0 Å². The SMILES string of the molecule is CCC(C)OCCOC(C)CC. The maximum Gasteiger partial charge on any atom is 0.0704 e. The van der Waals surface area contributed by atoms with E-state index in [2.05, 4.69) is 27.7 Å². The molecule has 0 spiro atoms. The Labute approximate surface area is 76.3 Å². The van der Waals surface area contributed by atoms with Gasteiger partial charge < -0.3 is 9.47 Å². The highest BCUT2D eigenvalue weighted by Crippen LogP contribution is 1.98. The van der Waals surface area contributed by atoms with Gasteiger partial charge in [0.25, 0.3) is 0 Å². The fourth-order valence-electron chi connectivity index (χ4n) is 0.734. The van der Waals surface area contributed by atoms with Gasteiger partial charge in [-0.05, 0) is 26.7 Å². The molecule has 74 valence electrons. The summed E-state index contributed by atoms with van der Waals surface area (Å²) in [5, 5.41) is 0. The van der Waals surface area contributed by atoms with Crippen molar-refractivity contribution in [2.45, 2.75) is 52.7 Å². The van der Waals surface area contributed by atoms with Crippen molar-refractivity contribution in [3.63, 3.8) is 0 Å². The minimum absolute atomic E-state index is 0.366. The second-order valence-corrected chi connectivity index (χ2v) is 3.18. The van der Waals surface area contributed by atoms with E-state index in [0.717, 1.165) is 26.1 Å². The molecule has 2 atom stereocenters. The minimum atomic E-state index is 0.366. The minimum Gasteiger partial charge on any atom is -0.376 e. The summed E-state index contributed by atoms with van der Waals surface area (Å²) in [5.74, 6) is 0. The van der Waals surface area contributed by atoms with Gasteiger partial charge in [-0.15, -0.1) is 0 Å². The fourth-order valence-corrected chi connectivity index (χ4v) is 0.734. The van der Waals surface area contributed by atoms with Crippen LogP contribution in [0.5, 0.6) is 0 Å². The van der Waals surface area contributed by atoms with Crippen molar-refractivity contribution >= 4 is 0 Å². The summed E-state index contributed by atoms with van der Waals surface area (Å²) >= 11 is 0. The Morgan fingerprint density at radius 2 is 1.17 bits per heavy atom. The zero-order valence-electron chi connectivity index (χ0n) is 8.80. The molecule has 0 radical (unpaired) electrons. The lowest BCUT2D eigenvalue weighted by atomic mass is 10.3. The van der Waals surface area contributed by atoms with Gasteiger partial charge in [0.2, 0.25) is 0 Å². The van der Waals surface area contributed by atoms with Crippen molar-refractivity contribution in [3.05, 3.63) is 0 Å². The molecule has 2 unspecified atom stereocenters. The van der Waals surface area contributed by atoms with Crippen molar-refractivity contribution < 1.29 is 9.47 Å². The number of ether oxygens (including phenoxy) is 2. The highest BCUT2D eigenvalue weighted by atomic mass is 16.5. The molecule has 0 heterocycles. The molecule has 0 saturated heterocycles. The van der Waals surface area contributed by atoms with Crippen LogP contribution in [-0.2, 0) is 9.47 Å². The molecule has 0 aromatic carbocycles. The smallest absolute Gasteiger partial charge is 0.0704 e. The normalized spacial score (nSPS) is 16.0. The number of hydrogen-bond acceptors (Lipinski definition) is 2. The maximum absolute atomic E-state index is 5.46. The summed E-state index contributed by atoms with van der Waals surface area (Å²) in [7, 11) is 0. The van der Waals surface area contributed by atoms with Gasteiger partial charge in [0.15, 0.2) is 0 Å². The molecule has 0 rings (SSSR count). The zero-order chi connectivity index (χ0) is 9.40. The van der Waals surface area contributed by atoms with Crippen molar-refractivity contribution in [3.8, 4) is 0 Å². The van der Waals surface area contributed by atoms with Gasteiger partial charge in [0.1, 0.15) is 0 Å². The average molecular weight is 174 g/mol. The summed E-state index contributed by atoms with van der Waals surface area (Å²) in [4.78, 5) is 0. The molecule has 12 heavy (non-hydrogen) atoms. The van der Waals surface area contributed by atoms with E-state index < -0.39 is 0 Å². The first kappa shape index (κ1) is 11.9. The predicted octanol–water partition coefficient (Wildman–Crippen LogP) is 2.62. The van der Waals surface area contributed by atoms with Crippen LogP contribution in [0.2, 0.25) is 0 Å². The standard InChI is InChI=1S/C10H22O2/c1-5-9(3)11-7-8-12-10(4)6-2/h9-10H,5-8H2,1-4H3. The average Bonchev–Trinajstić information content (AvgIpc) is 2.11. The van der Waals surface area contributed by atoms with Crippen LogP contribution in [0.3, 0.4) is 0 Å². The van der Waals surface area contributed by atoms with Gasteiger partial charge in [-0.3, -0.25) is 0 Å². The molecule has 0 aliphatic rings. The first-order chi connectivity index (χ1) is 5.70. The van der Waals surface area contributed by atoms with Crippen molar-refractivity contribution in [2.24, 2.45) is 0 Å². The fraction of sp³-hybridized carbons (Fsp3) is 1.00. The third kappa shape index (κ3) is 6.62. The van der Waals surface area contributed by atoms with Crippen molar-refractivity contribution in [1.29, 1.82) is 0 Å². The quantitative estimate of drug-likeness (QED) is 0.552. The van der Waals surface area contributed by atoms with Crippen LogP contribution >= 0.6 is 0 Å². The highest BCUT2D eigenvalue weighted by molar-refractivity contribution is 4.46. The first-order valence-electron chi connectivity index (χ1n) is 4.93. The highest BCUT2D eigenvalue weighted by Gasteiger charge is 2.00. The van der Waals surface area contributed by atoms with E-state index in [-0.39, 0.29) is 0 Å². The van der Waals surface area contributed by atoms with E-state index in [0.29, 0.717) is 12.2 Å². The Balaban J connectivity index is 3.10. The molecule has 0 N–H and O–H groups in total. The predicted molar refractivity (Wildman–Crippen MR) is 51.4 cm³/mol. The summed E-state index contributed by atoms with van der Waals surface area (Å²) < 4.78 is 10.9. The Morgan fingerprint density at radius 3 is 1.42 bits per heavy atom. The van der Waals surface area contributed by atoms with E-state index in [1.807, 2.05) is 0 Å². The van der Waals surface area contributed by atoms with Crippen molar-refractivity contribution in [2.75, 3.05) is 13.2 Å². The molecule has 0 aliphatic heterocycles. The molecule has 0 aromatic heterocycles. The third-order valence-corrected chi connectivity index (χ3v) is 2.04. The van der Waals surface area contributed by atoms with E-state index >= 15 is 0 Å². The first-order valence-corrected chi connectivity index (χ1v) is 4.93. The molecule has 0 amide bonds. The zero-order valence-corrected chi connectivity index (χ0v) is 8.80. The van der Waals surface area contributed by atoms with E-state index in [1.165, 1.54) is 0 Å². The Morgan fingerprint density at radius 1 is 0.833 bits per heavy atom. The summed E-state index contributed by atoms with van der Waals surface area (Å²) in [5.41, 5.74) is 0. The molecule has 2 heteroatoms. The maximum atomic E-state index is 5.46. The van der Waals surface area contributed by atoms with Crippen LogP contribution in [0, 0.1) is 0 Å². The van der Waals surface area contributed by atoms with Gasteiger partial charge >= 0.3 is 0 Å². The van der Waals surface area contributed by atoms with E-state index in [4.69, 9.17) is 9.47 Å². The lowest BCUT2D eigenvalue weighted by molar-refractivity contribution is -0.0132. The lowest BCUT2D eigenvalue weighted by Crippen LogP contribution is -2.15. The Hall–Kier alpha value is -0.0800. The molecular formula is C10H22O2. The number of hydrogen-bond donors (Lipinski definition) is 0. The van der Waals surface area contributed by atoms with Gasteiger partial charge in [-0.25, -0.2) is 0 Å². The van der Waals surface area contributed by atoms with Gasteiger partial charge in [-0.1, -0.05) is 13.8 Å². The van der Waals surface area contributed by atoms with Gasteiger partial charge in [0, 0.05) is 0 Å². The van der Waals surface area contributed by atoms with Crippen LogP contribution < -0.4 is 0 Å². The monoisotopic (exact) mass is 174 g/mol. The molecule has 2 nitrogen and oxygen atoms in total. The summed E-state index contributed by atoms with van der Waals surface area (Å²) in [6.07, 6.45) is 2.88. The van der Waals surface area contributed by atoms with Crippen LogP contribution in [-0.4, -0.2) is 25.4 Å². The Kier molecular flexibility index (Phi) is 7.51. The topological polar surface area (TPSA) is 18.5 Å². The van der Waals surface area contributed by atoms with E-state index in [9.17, 15) is 0 Å². The third-order valence-electron chi connectivity index (χ3n) is 2.04. The van der Waals surface area contributed by atoms with Crippen LogP contribution in [0.4, 0.5) is 0 Å². The molecule has 0 saturated carbocycles. The molecule has 0 aromatic rings. The second kappa shape index (κ2) is 7.56. The lowest BCUT2D eigenvalue weighted by Gasteiger charge is -2.13. The number of rotatable bonds is 7. The van der Waals surface area contributed by atoms with Crippen LogP contribution in [0.15, 0.2) is 0 Å². The largest absolute Gasteiger partial charge is 0.376 e.